The predicted octanol–water partition coefficient (Wildman–Crippen LogP) is 3.88. The Balaban J connectivity index is 1.54. The Bertz CT molecular complexity index is 918. The first-order valence-electron chi connectivity index (χ1n) is 8.62. The lowest BCUT2D eigenvalue weighted by Gasteiger charge is -2.32. The number of rotatable bonds is 4. The normalized spacial score (nSPS) is 16.9. The first-order valence-corrected chi connectivity index (χ1v) is 9.57. The first-order chi connectivity index (χ1) is 13.2. The summed E-state index contributed by atoms with van der Waals surface area (Å²) in [6.45, 7) is 1.23. The van der Waals surface area contributed by atoms with E-state index in [0.29, 0.717) is 36.1 Å². The molecule has 1 atom stereocenters. The number of thiazole rings is 1. The SMILES string of the molecule is O=C(c1cscn1)N1CCC[C@H](c2nccnc2Oc2ccc(F)cc2)C1. The summed E-state index contributed by atoms with van der Waals surface area (Å²) in [6.07, 6.45) is 4.93. The summed E-state index contributed by atoms with van der Waals surface area (Å²) < 4.78 is 18.9. The smallest absolute Gasteiger partial charge is 0.273 e. The van der Waals surface area contributed by atoms with E-state index in [1.54, 1.807) is 40.3 Å². The molecule has 1 aliphatic heterocycles. The third kappa shape index (κ3) is 3.95. The number of halogens is 1. The van der Waals surface area contributed by atoms with E-state index in [1.807, 2.05) is 0 Å². The van der Waals surface area contributed by atoms with Crippen molar-refractivity contribution in [2.75, 3.05) is 13.1 Å². The highest BCUT2D eigenvalue weighted by molar-refractivity contribution is 7.07. The van der Waals surface area contributed by atoms with Crippen LogP contribution in [0, 0.1) is 5.82 Å². The van der Waals surface area contributed by atoms with Crippen LogP contribution < -0.4 is 4.74 Å². The average molecular weight is 384 g/mol. The van der Waals surface area contributed by atoms with Crippen molar-refractivity contribution in [1.29, 1.82) is 0 Å². The third-order valence-electron chi connectivity index (χ3n) is 4.47. The Kier molecular flexibility index (Phi) is 5.06. The molecule has 1 fully saturated rings. The summed E-state index contributed by atoms with van der Waals surface area (Å²) in [5, 5.41) is 1.76. The third-order valence-corrected chi connectivity index (χ3v) is 5.05. The van der Waals surface area contributed by atoms with Crippen LogP contribution in [0.3, 0.4) is 0 Å². The van der Waals surface area contributed by atoms with Gasteiger partial charge in [-0.05, 0) is 37.1 Å². The first kappa shape index (κ1) is 17.5. The summed E-state index contributed by atoms with van der Waals surface area (Å²) in [5.41, 5.74) is 2.84. The lowest BCUT2D eigenvalue weighted by molar-refractivity contribution is 0.0699. The molecule has 0 unspecified atom stereocenters. The fourth-order valence-corrected chi connectivity index (χ4v) is 3.70. The van der Waals surface area contributed by atoms with Gasteiger partial charge in [-0.1, -0.05) is 0 Å². The monoisotopic (exact) mass is 384 g/mol. The molecule has 6 nitrogen and oxygen atoms in total. The highest BCUT2D eigenvalue weighted by Gasteiger charge is 2.29. The van der Waals surface area contributed by atoms with E-state index in [4.69, 9.17) is 4.74 Å². The number of piperidine rings is 1. The zero-order valence-electron chi connectivity index (χ0n) is 14.4. The van der Waals surface area contributed by atoms with Gasteiger partial charge < -0.3 is 9.64 Å². The van der Waals surface area contributed by atoms with E-state index in [1.165, 1.54) is 23.5 Å². The van der Waals surface area contributed by atoms with Gasteiger partial charge in [0.25, 0.3) is 5.91 Å². The molecule has 8 heteroatoms. The minimum absolute atomic E-state index is 0.0190. The highest BCUT2D eigenvalue weighted by atomic mass is 32.1. The van der Waals surface area contributed by atoms with E-state index >= 15 is 0 Å². The predicted molar refractivity (Wildman–Crippen MR) is 98.5 cm³/mol. The van der Waals surface area contributed by atoms with Gasteiger partial charge in [0, 0.05) is 36.8 Å². The minimum atomic E-state index is -0.329. The van der Waals surface area contributed by atoms with Crippen molar-refractivity contribution >= 4 is 17.2 Å². The molecule has 0 spiro atoms. The number of aromatic nitrogens is 3. The molecule has 0 aliphatic carbocycles. The zero-order chi connectivity index (χ0) is 18.6. The molecule has 1 aromatic carbocycles. The molecule has 4 rings (SSSR count). The Hall–Kier alpha value is -2.87. The zero-order valence-corrected chi connectivity index (χ0v) is 15.2. The topological polar surface area (TPSA) is 68.2 Å². The second-order valence-corrected chi connectivity index (χ2v) is 6.99. The van der Waals surface area contributed by atoms with Crippen LogP contribution in [0.2, 0.25) is 0 Å². The van der Waals surface area contributed by atoms with Crippen LogP contribution in [0.5, 0.6) is 11.6 Å². The van der Waals surface area contributed by atoms with Gasteiger partial charge in [0.15, 0.2) is 0 Å². The van der Waals surface area contributed by atoms with Crippen molar-refractivity contribution in [3.63, 3.8) is 0 Å². The van der Waals surface area contributed by atoms with Crippen molar-refractivity contribution in [3.05, 3.63) is 64.8 Å². The van der Waals surface area contributed by atoms with Crippen molar-refractivity contribution in [2.45, 2.75) is 18.8 Å². The molecule has 2 aromatic heterocycles. The van der Waals surface area contributed by atoms with Crippen LogP contribution in [-0.4, -0.2) is 38.8 Å². The molecule has 0 saturated carbocycles. The van der Waals surface area contributed by atoms with Crippen LogP contribution in [0.4, 0.5) is 4.39 Å². The quantitative estimate of drug-likeness (QED) is 0.683. The minimum Gasteiger partial charge on any atom is -0.437 e. The van der Waals surface area contributed by atoms with Crippen LogP contribution in [0.1, 0.15) is 34.9 Å². The van der Waals surface area contributed by atoms with Gasteiger partial charge in [-0.2, -0.15) is 0 Å². The Morgan fingerprint density at radius 2 is 2.00 bits per heavy atom. The number of benzene rings is 1. The largest absolute Gasteiger partial charge is 0.437 e. The van der Waals surface area contributed by atoms with E-state index in [9.17, 15) is 9.18 Å². The van der Waals surface area contributed by atoms with Gasteiger partial charge in [-0.3, -0.25) is 9.78 Å². The number of hydrogen-bond acceptors (Lipinski definition) is 6. The van der Waals surface area contributed by atoms with E-state index < -0.39 is 0 Å². The van der Waals surface area contributed by atoms with Gasteiger partial charge >= 0.3 is 0 Å². The molecule has 138 valence electrons. The van der Waals surface area contributed by atoms with Crippen molar-refractivity contribution in [2.24, 2.45) is 0 Å². The van der Waals surface area contributed by atoms with Crippen LogP contribution in [0.15, 0.2) is 47.5 Å². The van der Waals surface area contributed by atoms with Crippen LogP contribution >= 0.6 is 11.3 Å². The lowest BCUT2D eigenvalue weighted by Crippen LogP contribution is -2.39. The molecule has 0 N–H and O–H groups in total. The fourth-order valence-electron chi connectivity index (χ4n) is 3.17. The van der Waals surface area contributed by atoms with Gasteiger partial charge in [0.2, 0.25) is 5.88 Å². The van der Waals surface area contributed by atoms with Crippen molar-refractivity contribution in [3.8, 4) is 11.6 Å². The summed E-state index contributed by atoms with van der Waals surface area (Å²) in [7, 11) is 0. The van der Waals surface area contributed by atoms with E-state index in [2.05, 4.69) is 15.0 Å². The fraction of sp³-hybridized carbons (Fsp3) is 0.263. The maximum Gasteiger partial charge on any atom is 0.273 e. The van der Waals surface area contributed by atoms with Gasteiger partial charge in [0.1, 0.15) is 23.0 Å². The van der Waals surface area contributed by atoms with Crippen molar-refractivity contribution in [1.82, 2.24) is 19.9 Å². The summed E-state index contributed by atoms with van der Waals surface area (Å²) in [5.74, 6) is 0.503. The van der Waals surface area contributed by atoms with Crippen LogP contribution in [0.25, 0.3) is 0 Å². The summed E-state index contributed by atoms with van der Waals surface area (Å²) >= 11 is 1.41. The molecule has 1 aliphatic rings. The second kappa shape index (κ2) is 7.79. The molecule has 3 heterocycles. The van der Waals surface area contributed by atoms with Crippen LogP contribution in [-0.2, 0) is 0 Å². The molecule has 1 amide bonds. The number of likely N-dealkylation sites (tertiary alicyclic amines) is 1. The molecule has 0 bridgehead atoms. The Labute approximate surface area is 159 Å². The average Bonchev–Trinajstić information content (AvgIpc) is 3.24. The van der Waals surface area contributed by atoms with E-state index in [0.717, 1.165) is 12.8 Å². The number of amides is 1. The van der Waals surface area contributed by atoms with Gasteiger partial charge in [-0.15, -0.1) is 11.3 Å². The number of carbonyl (C=O) groups excluding carboxylic acids is 1. The van der Waals surface area contributed by atoms with Crippen molar-refractivity contribution < 1.29 is 13.9 Å². The lowest BCUT2D eigenvalue weighted by atomic mass is 9.94. The Morgan fingerprint density at radius 3 is 2.78 bits per heavy atom. The number of ether oxygens (including phenoxy) is 1. The molecular formula is C19H17FN4O2S. The van der Waals surface area contributed by atoms with E-state index in [-0.39, 0.29) is 17.6 Å². The summed E-state index contributed by atoms with van der Waals surface area (Å²) in [4.78, 5) is 27.3. The van der Waals surface area contributed by atoms with Gasteiger partial charge in [0.05, 0.1) is 5.51 Å². The molecular weight excluding hydrogens is 367 g/mol. The molecule has 0 radical (unpaired) electrons. The maximum absolute atomic E-state index is 13.1. The summed E-state index contributed by atoms with van der Waals surface area (Å²) in [6, 6.07) is 5.76. The number of hydrogen-bond donors (Lipinski definition) is 0. The Morgan fingerprint density at radius 1 is 1.19 bits per heavy atom. The standard InChI is InChI=1S/C19H17FN4O2S/c20-14-3-5-15(6-4-14)26-18-17(21-7-8-22-18)13-2-1-9-24(10-13)19(25)16-11-27-12-23-16/h3-8,11-13H,1-2,9-10H2/t13-/m0/s1. The number of nitrogens with zero attached hydrogens (tertiary/aromatic N) is 4. The maximum atomic E-state index is 13.1. The molecule has 3 aromatic rings. The van der Waals surface area contributed by atoms with Gasteiger partial charge in [-0.25, -0.2) is 14.4 Å². The highest BCUT2D eigenvalue weighted by Crippen LogP contribution is 2.33. The molecule has 1 saturated heterocycles. The number of carbonyl (C=O) groups is 1. The molecule has 27 heavy (non-hydrogen) atoms. The second-order valence-electron chi connectivity index (χ2n) is 6.27.